The molecule has 25 heavy (non-hydrogen) atoms. The molecule has 0 aliphatic carbocycles. The molecule has 0 unspecified atom stereocenters. The minimum Gasteiger partial charge on any atom is -0.344 e. The molecular formula is C22H52IN2+. The number of nitrogens with zero attached hydrogens (tertiary/aromatic N) is 1. The third kappa shape index (κ3) is 24.6. The van der Waals surface area contributed by atoms with Crippen molar-refractivity contribution in [3.05, 3.63) is 0 Å². The summed E-state index contributed by atoms with van der Waals surface area (Å²) in [7, 11) is 4.87. The van der Waals surface area contributed by atoms with Gasteiger partial charge in [0.15, 0.2) is 0 Å². The predicted octanol–water partition coefficient (Wildman–Crippen LogP) is 8.12. The topological polar surface area (TPSA) is 35.0 Å². The van der Waals surface area contributed by atoms with Gasteiger partial charge in [-0.1, -0.05) is 90.9 Å². The predicted molar refractivity (Wildman–Crippen MR) is 127 cm³/mol. The Balaban J connectivity index is -0.00000242. The largest absolute Gasteiger partial charge is 0.344 e. The van der Waals surface area contributed by atoms with Gasteiger partial charge < -0.3 is 10.6 Å². The van der Waals surface area contributed by atoms with Crippen LogP contribution in [0.3, 0.4) is 0 Å². The first kappa shape index (κ1) is 30.4. The molecule has 2 nitrogen and oxygen atoms in total. The zero-order valence-corrected chi connectivity index (χ0v) is 20.6. The van der Waals surface area contributed by atoms with E-state index >= 15 is 0 Å². The maximum Gasteiger partial charge on any atom is 0.0782 e. The normalized spacial score (nSPS) is 11.0. The molecule has 0 saturated carbocycles. The summed E-state index contributed by atoms with van der Waals surface area (Å²) in [6.07, 6.45) is 23.0. The fourth-order valence-corrected chi connectivity index (χ4v) is 3.46. The first-order valence-corrected chi connectivity index (χ1v) is 10.9. The second-order valence-corrected chi connectivity index (χ2v) is 8.33. The van der Waals surface area contributed by atoms with E-state index in [-0.39, 0.29) is 30.1 Å². The average molecular weight is 472 g/mol. The van der Waals surface area contributed by atoms with Crippen LogP contribution in [-0.4, -0.2) is 31.7 Å². The van der Waals surface area contributed by atoms with Crippen molar-refractivity contribution in [2.24, 2.45) is 0 Å². The van der Waals surface area contributed by atoms with Gasteiger partial charge in [-0.15, -0.1) is 24.0 Å². The lowest BCUT2D eigenvalue weighted by molar-refractivity contribution is -0.890. The lowest BCUT2D eigenvalue weighted by Gasteiger charge is -2.30. The molecule has 0 radical (unpaired) electrons. The highest BCUT2D eigenvalue weighted by molar-refractivity contribution is 14.0. The van der Waals surface area contributed by atoms with Crippen LogP contribution in [-0.2, 0) is 0 Å². The lowest BCUT2D eigenvalue weighted by Crippen LogP contribution is -2.41. The molecule has 0 aromatic carbocycles. The van der Waals surface area contributed by atoms with Crippen molar-refractivity contribution in [1.82, 2.24) is 6.15 Å². The molecule has 0 heterocycles. The van der Waals surface area contributed by atoms with Gasteiger partial charge in [-0.2, -0.15) is 0 Å². The van der Waals surface area contributed by atoms with Crippen LogP contribution in [0.1, 0.15) is 117 Å². The van der Waals surface area contributed by atoms with Gasteiger partial charge in [0.2, 0.25) is 0 Å². The minimum atomic E-state index is 0. The van der Waals surface area contributed by atoms with Gasteiger partial charge in [-0.3, -0.25) is 0 Å². The molecular weight excluding hydrogens is 419 g/mol. The molecule has 0 aliphatic heterocycles. The zero-order chi connectivity index (χ0) is 17.2. The molecule has 0 atom stereocenters. The van der Waals surface area contributed by atoms with E-state index in [1.54, 1.807) is 0 Å². The number of hydrogen-bond donors (Lipinski definition) is 1. The van der Waals surface area contributed by atoms with Crippen LogP contribution in [0.25, 0.3) is 0 Å². The maximum absolute atomic E-state index is 2.43. The molecule has 0 bridgehead atoms. The standard InChI is InChI=1S/C22H48N.HI.H3N/c1-5-7-9-11-13-15-17-19-21-23(3,4)22-20-18-16-14-12-10-8-6-2;;/h5-22H2,1-4H3;1H;1H3/q+1;;. The first-order chi connectivity index (χ1) is 11.1. The minimum absolute atomic E-state index is 0. The SMILES string of the molecule is CCCCCCCCCC[N+](C)(C)CCCCCCCCCC.I.N. The third-order valence-electron chi connectivity index (χ3n) is 5.23. The van der Waals surface area contributed by atoms with E-state index in [1.807, 2.05) is 0 Å². The molecule has 3 heteroatoms. The fourth-order valence-electron chi connectivity index (χ4n) is 3.46. The van der Waals surface area contributed by atoms with Crippen LogP contribution >= 0.6 is 24.0 Å². The molecule has 0 rings (SSSR count). The van der Waals surface area contributed by atoms with Crippen molar-refractivity contribution in [3.8, 4) is 0 Å². The Labute approximate surface area is 178 Å². The second kappa shape index (κ2) is 22.7. The Morgan fingerprint density at radius 3 is 0.960 bits per heavy atom. The second-order valence-electron chi connectivity index (χ2n) is 8.33. The van der Waals surface area contributed by atoms with Crippen molar-refractivity contribution in [2.45, 2.75) is 117 Å². The van der Waals surface area contributed by atoms with Crippen molar-refractivity contribution in [2.75, 3.05) is 27.2 Å². The third-order valence-corrected chi connectivity index (χ3v) is 5.23. The Morgan fingerprint density at radius 2 is 0.680 bits per heavy atom. The zero-order valence-electron chi connectivity index (χ0n) is 18.3. The first-order valence-electron chi connectivity index (χ1n) is 10.9. The molecule has 0 amide bonds. The van der Waals surface area contributed by atoms with Crippen LogP contribution < -0.4 is 6.15 Å². The number of halogens is 1. The summed E-state index contributed by atoms with van der Waals surface area (Å²) >= 11 is 0. The van der Waals surface area contributed by atoms with Crippen LogP contribution in [0.15, 0.2) is 0 Å². The Morgan fingerprint density at radius 1 is 0.440 bits per heavy atom. The van der Waals surface area contributed by atoms with Gasteiger partial charge in [-0.05, 0) is 25.7 Å². The highest BCUT2D eigenvalue weighted by atomic mass is 127. The van der Waals surface area contributed by atoms with Crippen LogP contribution in [0, 0.1) is 0 Å². The molecule has 3 N–H and O–H groups in total. The van der Waals surface area contributed by atoms with E-state index in [4.69, 9.17) is 0 Å². The highest BCUT2D eigenvalue weighted by Crippen LogP contribution is 2.13. The Bertz CT molecular complexity index is 210. The number of quaternary nitrogens is 1. The van der Waals surface area contributed by atoms with E-state index in [0.717, 1.165) is 0 Å². The monoisotopic (exact) mass is 471 g/mol. The summed E-state index contributed by atoms with van der Waals surface area (Å²) < 4.78 is 1.24. The lowest BCUT2D eigenvalue weighted by atomic mass is 10.1. The molecule has 0 aliphatic rings. The van der Waals surface area contributed by atoms with Crippen LogP contribution in [0.2, 0.25) is 0 Å². The van der Waals surface area contributed by atoms with Crippen molar-refractivity contribution in [1.29, 1.82) is 0 Å². The van der Waals surface area contributed by atoms with Crippen LogP contribution in [0.4, 0.5) is 0 Å². The van der Waals surface area contributed by atoms with Crippen molar-refractivity contribution >= 4 is 24.0 Å². The van der Waals surface area contributed by atoms with E-state index in [2.05, 4.69) is 27.9 Å². The molecule has 0 aromatic rings. The van der Waals surface area contributed by atoms with E-state index < -0.39 is 0 Å². The van der Waals surface area contributed by atoms with Crippen LogP contribution in [0.5, 0.6) is 0 Å². The number of hydrogen-bond acceptors (Lipinski definition) is 1. The Kier molecular flexibility index (Phi) is 27.6. The highest BCUT2D eigenvalue weighted by Gasteiger charge is 2.13. The summed E-state index contributed by atoms with van der Waals surface area (Å²) in [5.74, 6) is 0. The van der Waals surface area contributed by atoms with Crippen molar-refractivity contribution in [3.63, 3.8) is 0 Å². The van der Waals surface area contributed by atoms with Crippen molar-refractivity contribution < 1.29 is 4.48 Å². The molecule has 156 valence electrons. The molecule has 0 spiro atoms. The molecule has 0 fully saturated rings. The van der Waals surface area contributed by atoms with Gasteiger partial charge >= 0.3 is 0 Å². The smallest absolute Gasteiger partial charge is 0.0782 e. The van der Waals surface area contributed by atoms with E-state index in [9.17, 15) is 0 Å². The average Bonchev–Trinajstić information content (AvgIpc) is 2.52. The molecule has 0 aromatic heterocycles. The summed E-state index contributed by atoms with van der Waals surface area (Å²) in [6.45, 7) is 7.36. The molecule has 0 saturated heterocycles. The number of unbranched alkanes of at least 4 members (excludes halogenated alkanes) is 14. The maximum atomic E-state index is 2.43. The van der Waals surface area contributed by atoms with Gasteiger partial charge in [-0.25, -0.2) is 0 Å². The summed E-state index contributed by atoms with van der Waals surface area (Å²) in [4.78, 5) is 0. The Hall–Kier alpha value is 0.650. The summed E-state index contributed by atoms with van der Waals surface area (Å²) in [6, 6.07) is 0. The van der Waals surface area contributed by atoms with Gasteiger partial charge in [0.1, 0.15) is 0 Å². The quantitative estimate of drug-likeness (QED) is 0.122. The van der Waals surface area contributed by atoms with Gasteiger partial charge in [0.05, 0.1) is 27.2 Å². The summed E-state index contributed by atoms with van der Waals surface area (Å²) in [5.41, 5.74) is 0. The van der Waals surface area contributed by atoms with Gasteiger partial charge in [0, 0.05) is 0 Å². The summed E-state index contributed by atoms with van der Waals surface area (Å²) in [5, 5.41) is 0. The van der Waals surface area contributed by atoms with E-state index in [0.29, 0.717) is 0 Å². The van der Waals surface area contributed by atoms with Gasteiger partial charge in [0.25, 0.3) is 0 Å². The fraction of sp³-hybridized carbons (Fsp3) is 1.00. The number of rotatable bonds is 18. The van der Waals surface area contributed by atoms with E-state index in [1.165, 1.54) is 120 Å².